The molecule has 0 bridgehead atoms. The van der Waals surface area contributed by atoms with Crippen LogP contribution in [0.1, 0.15) is 51.7 Å². The SMILES string of the molecule is Cc1cc(-c2n[nH]c3c2CN(C(=O)c2noc4c2CCCC4)CC3)no1. The quantitative estimate of drug-likeness (QED) is 0.759. The molecule has 0 radical (unpaired) electrons. The highest BCUT2D eigenvalue weighted by Gasteiger charge is 2.31. The van der Waals surface area contributed by atoms with E-state index in [0.717, 1.165) is 66.1 Å². The van der Waals surface area contributed by atoms with Crippen LogP contribution >= 0.6 is 0 Å². The minimum atomic E-state index is -0.0639. The predicted octanol–water partition coefficient (Wildman–Crippen LogP) is 2.44. The number of nitrogens with zero attached hydrogens (tertiary/aromatic N) is 4. The Morgan fingerprint density at radius 2 is 2.04 bits per heavy atom. The van der Waals surface area contributed by atoms with Crippen molar-refractivity contribution in [1.82, 2.24) is 25.4 Å². The van der Waals surface area contributed by atoms with Gasteiger partial charge in [-0.05, 0) is 26.2 Å². The molecule has 1 aliphatic heterocycles. The molecule has 26 heavy (non-hydrogen) atoms. The maximum Gasteiger partial charge on any atom is 0.276 e. The van der Waals surface area contributed by atoms with Crippen molar-refractivity contribution in [3.63, 3.8) is 0 Å². The number of nitrogens with one attached hydrogen (secondary N) is 1. The Morgan fingerprint density at radius 1 is 1.15 bits per heavy atom. The lowest BCUT2D eigenvalue weighted by molar-refractivity contribution is 0.0723. The molecule has 4 heterocycles. The first kappa shape index (κ1) is 15.4. The van der Waals surface area contributed by atoms with Crippen molar-refractivity contribution < 1.29 is 13.8 Å². The van der Waals surface area contributed by atoms with E-state index in [1.165, 1.54) is 0 Å². The number of carbonyl (C=O) groups excluding carboxylic acids is 1. The van der Waals surface area contributed by atoms with E-state index < -0.39 is 0 Å². The van der Waals surface area contributed by atoms with E-state index in [0.29, 0.717) is 24.5 Å². The molecule has 0 atom stereocenters. The van der Waals surface area contributed by atoms with Crippen molar-refractivity contribution in [3.8, 4) is 11.4 Å². The molecule has 5 rings (SSSR count). The van der Waals surface area contributed by atoms with Gasteiger partial charge in [-0.3, -0.25) is 9.89 Å². The zero-order valence-electron chi connectivity index (χ0n) is 14.5. The molecule has 0 fully saturated rings. The number of rotatable bonds is 2. The van der Waals surface area contributed by atoms with Crippen LogP contribution in [0.5, 0.6) is 0 Å². The summed E-state index contributed by atoms with van der Waals surface area (Å²) in [5.74, 6) is 1.54. The number of H-pyrrole nitrogens is 1. The second-order valence-electron chi connectivity index (χ2n) is 6.97. The van der Waals surface area contributed by atoms with Crippen LogP contribution in [0.2, 0.25) is 0 Å². The van der Waals surface area contributed by atoms with Gasteiger partial charge in [0.05, 0.1) is 6.54 Å². The molecule has 134 valence electrons. The standard InChI is InChI=1S/C18H19N5O3/c1-10-8-14(21-25-10)16-12-9-23(7-6-13(12)19-20-16)18(24)17-11-4-2-3-5-15(11)26-22-17/h8H,2-7,9H2,1H3,(H,19,20). The number of hydrogen-bond acceptors (Lipinski definition) is 6. The summed E-state index contributed by atoms with van der Waals surface area (Å²) in [4.78, 5) is 14.9. The molecule has 0 spiro atoms. The Morgan fingerprint density at radius 3 is 2.88 bits per heavy atom. The van der Waals surface area contributed by atoms with Crippen molar-refractivity contribution >= 4 is 5.91 Å². The third-order valence-electron chi connectivity index (χ3n) is 5.24. The fourth-order valence-corrected chi connectivity index (χ4v) is 3.86. The molecule has 1 amide bonds. The lowest BCUT2D eigenvalue weighted by Gasteiger charge is -2.26. The number of carbonyl (C=O) groups is 1. The van der Waals surface area contributed by atoms with E-state index in [1.54, 1.807) is 0 Å². The summed E-state index contributed by atoms with van der Waals surface area (Å²) in [6, 6.07) is 1.85. The fraction of sp³-hybridized carbons (Fsp3) is 0.444. The minimum Gasteiger partial charge on any atom is -0.361 e. The van der Waals surface area contributed by atoms with Gasteiger partial charge in [-0.2, -0.15) is 5.10 Å². The van der Waals surface area contributed by atoms with Crippen LogP contribution in [0.25, 0.3) is 11.4 Å². The molecule has 3 aromatic heterocycles. The minimum absolute atomic E-state index is 0.0639. The molecule has 0 saturated heterocycles. The van der Waals surface area contributed by atoms with Gasteiger partial charge in [0, 0.05) is 42.3 Å². The van der Waals surface area contributed by atoms with Gasteiger partial charge in [-0.1, -0.05) is 10.3 Å². The summed E-state index contributed by atoms with van der Waals surface area (Å²) in [5.41, 5.74) is 4.95. The first-order chi connectivity index (χ1) is 12.7. The average molecular weight is 353 g/mol. The maximum atomic E-state index is 13.1. The average Bonchev–Trinajstić information content (AvgIpc) is 3.38. The molecule has 1 N–H and O–H groups in total. The monoisotopic (exact) mass is 353 g/mol. The van der Waals surface area contributed by atoms with Gasteiger partial charge in [-0.25, -0.2) is 0 Å². The molecule has 0 saturated carbocycles. The number of fused-ring (bicyclic) bond motifs is 2. The third-order valence-corrected chi connectivity index (χ3v) is 5.24. The number of hydrogen-bond donors (Lipinski definition) is 1. The van der Waals surface area contributed by atoms with Crippen molar-refractivity contribution in [2.45, 2.75) is 45.6 Å². The van der Waals surface area contributed by atoms with E-state index >= 15 is 0 Å². The summed E-state index contributed by atoms with van der Waals surface area (Å²) in [5, 5.41) is 15.6. The highest BCUT2D eigenvalue weighted by atomic mass is 16.5. The second-order valence-corrected chi connectivity index (χ2v) is 6.97. The third kappa shape index (κ3) is 2.36. The second kappa shape index (κ2) is 5.82. The van der Waals surface area contributed by atoms with Crippen molar-refractivity contribution in [3.05, 3.63) is 40.1 Å². The molecule has 8 nitrogen and oxygen atoms in total. The summed E-state index contributed by atoms with van der Waals surface area (Å²) in [6.45, 7) is 2.96. The predicted molar refractivity (Wildman–Crippen MR) is 90.4 cm³/mol. The van der Waals surface area contributed by atoms with Crippen LogP contribution < -0.4 is 0 Å². The fourth-order valence-electron chi connectivity index (χ4n) is 3.86. The highest BCUT2D eigenvalue weighted by Crippen LogP contribution is 2.30. The van der Waals surface area contributed by atoms with Gasteiger partial charge in [-0.15, -0.1) is 0 Å². The Bertz CT molecular complexity index is 983. The van der Waals surface area contributed by atoms with Crippen LogP contribution in [0.15, 0.2) is 15.1 Å². The van der Waals surface area contributed by atoms with Gasteiger partial charge < -0.3 is 13.9 Å². The molecule has 0 unspecified atom stereocenters. The Hall–Kier alpha value is -2.90. The number of aromatic nitrogens is 4. The van der Waals surface area contributed by atoms with E-state index in [9.17, 15) is 4.79 Å². The van der Waals surface area contributed by atoms with E-state index in [2.05, 4.69) is 20.5 Å². The molecule has 8 heteroatoms. The van der Waals surface area contributed by atoms with Crippen LogP contribution in [0.4, 0.5) is 0 Å². The van der Waals surface area contributed by atoms with E-state index in [-0.39, 0.29) is 5.91 Å². The summed E-state index contributed by atoms with van der Waals surface area (Å²) >= 11 is 0. The highest BCUT2D eigenvalue weighted by molar-refractivity contribution is 5.94. The van der Waals surface area contributed by atoms with Crippen molar-refractivity contribution in [1.29, 1.82) is 0 Å². The maximum absolute atomic E-state index is 13.1. The largest absolute Gasteiger partial charge is 0.361 e. The lowest BCUT2D eigenvalue weighted by Crippen LogP contribution is -2.36. The smallest absolute Gasteiger partial charge is 0.276 e. The van der Waals surface area contributed by atoms with E-state index in [1.807, 2.05) is 17.9 Å². The summed E-state index contributed by atoms with van der Waals surface area (Å²) in [7, 11) is 0. The van der Waals surface area contributed by atoms with Gasteiger partial charge in [0.15, 0.2) is 5.69 Å². The van der Waals surface area contributed by atoms with Crippen LogP contribution in [-0.4, -0.2) is 37.9 Å². The Kier molecular flexibility index (Phi) is 3.44. The van der Waals surface area contributed by atoms with Crippen LogP contribution in [0, 0.1) is 6.92 Å². The van der Waals surface area contributed by atoms with Crippen molar-refractivity contribution in [2.75, 3.05) is 6.54 Å². The number of aromatic amines is 1. The topological polar surface area (TPSA) is 101 Å². The molecule has 2 aliphatic rings. The zero-order chi connectivity index (χ0) is 17.7. The zero-order valence-corrected chi connectivity index (χ0v) is 14.5. The molecular formula is C18H19N5O3. The summed E-state index contributed by atoms with van der Waals surface area (Å²) in [6.07, 6.45) is 4.64. The van der Waals surface area contributed by atoms with Crippen LogP contribution in [0.3, 0.4) is 0 Å². The first-order valence-corrected chi connectivity index (χ1v) is 8.97. The summed E-state index contributed by atoms with van der Waals surface area (Å²) < 4.78 is 10.6. The first-order valence-electron chi connectivity index (χ1n) is 8.97. The van der Waals surface area contributed by atoms with Gasteiger partial charge in [0.25, 0.3) is 5.91 Å². The molecule has 0 aromatic carbocycles. The molecular weight excluding hydrogens is 334 g/mol. The molecule has 3 aromatic rings. The van der Waals surface area contributed by atoms with Gasteiger partial charge in [0.1, 0.15) is 22.9 Å². The normalized spacial score (nSPS) is 16.4. The van der Waals surface area contributed by atoms with Gasteiger partial charge >= 0.3 is 0 Å². The van der Waals surface area contributed by atoms with E-state index in [4.69, 9.17) is 9.05 Å². The number of amides is 1. The van der Waals surface area contributed by atoms with Crippen molar-refractivity contribution in [2.24, 2.45) is 0 Å². The van der Waals surface area contributed by atoms with Crippen LogP contribution in [-0.2, 0) is 25.8 Å². The number of aryl methyl sites for hydroxylation is 2. The Balaban J connectivity index is 1.44. The van der Waals surface area contributed by atoms with Gasteiger partial charge in [0.2, 0.25) is 0 Å². The Labute approximate surface area is 149 Å². The lowest BCUT2D eigenvalue weighted by atomic mass is 9.95. The molecule has 1 aliphatic carbocycles.